The predicted octanol–water partition coefficient (Wildman–Crippen LogP) is 3.71. The summed E-state index contributed by atoms with van der Waals surface area (Å²) in [4.78, 5) is 23.5. The summed E-state index contributed by atoms with van der Waals surface area (Å²) in [6.45, 7) is 3.20. The Kier molecular flexibility index (Phi) is 6.23. The first-order chi connectivity index (χ1) is 11.3. The van der Waals surface area contributed by atoms with Gasteiger partial charge in [-0.2, -0.15) is 0 Å². The van der Waals surface area contributed by atoms with Crippen molar-refractivity contribution in [1.82, 2.24) is 5.16 Å². The van der Waals surface area contributed by atoms with Gasteiger partial charge in [-0.25, -0.2) is 0 Å². The first kappa shape index (κ1) is 18.3. The van der Waals surface area contributed by atoms with Gasteiger partial charge in [0.1, 0.15) is 5.76 Å². The fourth-order valence-corrected chi connectivity index (χ4v) is 2.65. The molecule has 2 rings (SSSR count). The number of halogens is 2. The number of amides is 1. The number of carbonyl (C=O) groups is 2. The highest BCUT2D eigenvalue weighted by Gasteiger charge is 2.13. The molecule has 0 atom stereocenters. The van der Waals surface area contributed by atoms with Crippen LogP contribution >= 0.6 is 23.2 Å². The molecule has 0 aliphatic heterocycles. The van der Waals surface area contributed by atoms with Crippen molar-refractivity contribution in [2.75, 3.05) is 11.9 Å². The van der Waals surface area contributed by atoms with Crippen molar-refractivity contribution in [3.63, 3.8) is 0 Å². The van der Waals surface area contributed by atoms with Gasteiger partial charge in [0.05, 0.1) is 5.69 Å². The van der Waals surface area contributed by atoms with E-state index in [0.29, 0.717) is 27.9 Å². The average Bonchev–Trinajstić information content (AvgIpc) is 2.81. The molecule has 0 fully saturated rings. The van der Waals surface area contributed by atoms with Gasteiger partial charge in [0.2, 0.25) is 0 Å². The highest BCUT2D eigenvalue weighted by atomic mass is 35.5. The Labute approximate surface area is 149 Å². The van der Waals surface area contributed by atoms with Crippen molar-refractivity contribution in [3.8, 4) is 0 Å². The average molecular weight is 371 g/mol. The summed E-state index contributed by atoms with van der Waals surface area (Å²) in [7, 11) is 0. The molecule has 0 aliphatic rings. The van der Waals surface area contributed by atoms with Crippen LogP contribution in [0.15, 0.2) is 22.7 Å². The number of nitrogens with one attached hydrogen (secondary N) is 1. The highest BCUT2D eigenvalue weighted by Crippen LogP contribution is 2.22. The lowest BCUT2D eigenvalue weighted by molar-refractivity contribution is -0.147. The van der Waals surface area contributed by atoms with Crippen LogP contribution in [0.4, 0.5) is 5.69 Å². The summed E-state index contributed by atoms with van der Waals surface area (Å²) < 4.78 is 9.97. The van der Waals surface area contributed by atoms with Gasteiger partial charge in [0, 0.05) is 27.7 Å². The topological polar surface area (TPSA) is 81.4 Å². The Morgan fingerprint density at radius 2 is 1.88 bits per heavy atom. The van der Waals surface area contributed by atoms with Crippen LogP contribution in [0.2, 0.25) is 10.0 Å². The molecule has 0 aliphatic carbocycles. The van der Waals surface area contributed by atoms with Gasteiger partial charge in [0.25, 0.3) is 5.91 Å². The number of nitrogens with zero attached hydrogens (tertiary/aromatic N) is 1. The molecule has 0 spiro atoms. The van der Waals surface area contributed by atoms with Crippen LogP contribution in [0.5, 0.6) is 0 Å². The van der Waals surface area contributed by atoms with Crippen LogP contribution < -0.4 is 5.32 Å². The largest absolute Gasteiger partial charge is 0.456 e. The van der Waals surface area contributed by atoms with E-state index in [9.17, 15) is 9.59 Å². The van der Waals surface area contributed by atoms with E-state index in [4.69, 9.17) is 32.5 Å². The normalized spacial score (nSPS) is 10.5. The first-order valence-electron chi connectivity index (χ1n) is 7.18. The Bertz CT molecular complexity index is 719. The van der Waals surface area contributed by atoms with Gasteiger partial charge < -0.3 is 14.6 Å². The van der Waals surface area contributed by atoms with Gasteiger partial charge in [-0.05, 0) is 38.5 Å². The Hall–Kier alpha value is -2.05. The summed E-state index contributed by atoms with van der Waals surface area (Å²) >= 11 is 11.7. The minimum absolute atomic E-state index is 0.138. The van der Waals surface area contributed by atoms with Crippen molar-refractivity contribution in [1.29, 1.82) is 0 Å². The van der Waals surface area contributed by atoms with Crippen molar-refractivity contribution in [2.24, 2.45) is 0 Å². The van der Waals surface area contributed by atoms with E-state index in [1.165, 1.54) is 0 Å². The van der Waals surface area contributed by atoms with Gasteiger partial charge >= 0.3 is 5.97 Å². The molecule has 0 saturated carbocycles. The van der Waals surface area contributed by atoms with Gasteiger partial charge in [-0.3, -0.25) is 9.59 Å². The molecule has 0 saturated heterocycles. The zero-order chi connectivity index (χ0) is 17.7. The van der Waals surface area contributed by atoms with Gasteiger partial charge in [-0.1, -0.05) is 28.4 Å². The lowest BCUT2D eigenvalue weighted by Crippen LogP contribution is -2.21. The number of aromatic nitrogens is 1. The fraction of sp³-hybridized carbons (Fsp3) is 0.312. The summed E-state index contributed by atoms with van der Waals surface area (Å²) in [5, 5.41) is 7.17. The number of aryl methyl sites for hydroxylation is 2. The van der Waals surface area contributed by atoms with E-state index in [2.05, 4.69) is 10.5 Å². The number of hydrogen-bond donors (Lipinski definition) is 1. The van der Waals surface area contributed by atoms with Gasteiger partial charge in [-0.15, -0.1) is 0 Å². The molecule has 8 heteroatoms. The molecule has 2 aromatic rings. The number of esters is 1. The molecule has 24 heavy (non-hydrogen) atoms. The molecular weight excluding hydrogens is 355 g/mol. The summed E-state index contributed by atoms with van der Waals surface area (Å²) in [6.07, 6.45) is 0.588. The highest BCUT2D eigenvalue weighted by molar-refractivity contribution is 6.35. The number of benzene rings is 1. The summed E-state index contributed by atoms with van der Waals surface area (Å²) in [5.74, 6) is -0.274. The van der Waals surface area contributed by atoms with Crippen LogP contribution in [0, 0.1) is 13.8 Å². The molecule has 1 aromatic carbocycles. The minimum Gasteiger partial charge on any atom is -0.456 e. The smallest absolute Gasteiger partial charge is 0.306 e. The molecule has 0 bridgehead atoms. The third-order valence-electron chi connectivity index (χ3n) is 3.27. The molecule has 6 nitrogen and oxygen atoms in total. The van der Waals surface area contributed by atoms with Crippen LogP contribution in [0.25, 0.3) is 0 Å². The SMILES string of the molecule is Cc1noc(C)c1CCC(=O)OCC(=O)Nc1cc(Cl)cc(Cl)c1. The maximum absolute atomic E-state index is 11.8. The molecular formula is C16H16Cl2N2O4. The quantitative estimate of drug-likeness (QED) is 0.783. The Balaban J connectivity index is 1.78. The monoisotopic (exact) mass is 370 g/mol. The summed E-state index contributed by atoms with van der Waals surface area (Å²) in [5.41, 5.74) is 2.06. The zero-order valence-corrected chi connectivity index (χ0v) is 14.7. The fourth-order valence-electron chi connectivity index (χ4n) is 2.13. The second-order valence-electron chi connectivity index (χ2n) is 5.17. The van der Waals surface area contributed by atoms with Crippen molar-refractivity contribution in [3.05, 3.63) is 45.3 Å². The number of ether oxygens (including phenoxy) is 1. The lowest BCUT2D eigenvalue weighted by Gasteiger charge is -2.07. The Morgan fingerprint density at radius 3 is 2.46 bits per heavy atom. The van der Waals surface area contributed by atoms with E-state index in [1.54, 1.807) is 32.0 Å². The third-order valence-corrected chi connectivity index (χ3v) is 3.71. The minimum atomic E-state index is -0.478. The molecule has 1 heterocycles. The molecule has 1 amide bonds. The molecule has 0 radical (unpaired) electrons. The van der Waals surface area contributed by atoms with E-state index < -0.39 is 11.9 Å². The van der Waals surface area contributed by atoms with Crippen molar-refractivity contribution >= 4 is 40.8 Å². The maximum atomic E-state index is 11.8. The molecule has 1 N–H and O–H groups in total. The van der Waals surface area contributed by atoms with Crippen LogP contribution in [0.1, 0.15) is 23.4 Å². The van der Waals surface area contributed by atoms with Crippen molar-refractivity contribution < 1.29 is 18.8 Å². The maximum Gasteiger partial charge on any atom is 0.306 e. The van der Waals surface area contributed by atoms with E-state index in [-0.39, 0.29) is 13.0 Å². The van der Waals surface area contributed by atoms with E-state index in [1.807, 2.05) is 0 Å². The molecule has 1 aromatic heterocycles. The number of hydrogen-bond acceptors (Lipinski definition) is 5. The summed E-state index contributed by atoms with van der Waals surface area (Å²) in [6, 6.07) is 4.64. The first-order valence-corrected chi connectivity index (χ1v) is 7.94. The van der Waals surface area contributed by atoms with Crippen LogP contribution in [0.3, 0.4) is 0 Å². The van der Waals surface area contributed by atoms with Crippen LogP contribution in [-0.4, -0.2) is 23.6 Å². The predicted molar refractivity (Wildman–Crippen MR) is 90.3 cm³/mol. The van der Waals surface area contributed by atoms with E-state index in [0.717, 1.165) is 11.3 Å². The second kappa shape index (κ2) is 8.17. The number of anilines is 1. The lowest BCUT2D eigenvalue weighted by atomic mass is 10.1. The zero-order valence-electron chi connectivity index (χ0n) is 13.2. The number of carbonyl (C=O) groups excluding carboxylic acids is 2. The molecule has 0 unspecified atom stereocenters. The molecule has 128 valence electrons. The van der Waals surface area contributed by atoms with Gasteiger partial charge in [0.15, 0.2) is 6.61 Å². The van der Waals surface area contributed by atoms with E-state index >= 15 is 0 Å². The number of rotatable bonds is 6. The van der Waals surface area contributed by atoms with Crippen molar-refractivity contribution in [2.45, 2.75) is 26.7 Å². The van der Waals surface area contributed by atoms with Crippen LogP contribution in [-0.2, 0) is 20.7 Å². The third kappa shape index (κ3) is 5.25. The Morgan fingerprint density at radius 1 is 1.21 bits per heavy atom. The standard InChI is InChI=1S/C16H16Cl2N2O4/c1-9-14(10(2)24-20-9)3-4-16(22)23-8-15(21)19-13-6-11(17)5-12(18)7-13/h5-7H,3-4,8H2,1-2H3,(H,19,21). The second-order valence-corrected chi connectivity index (χ2v) is 6.04.